The molecule has 0 fully saturated rings. The number of carbonyl (C=O) groups is 1. The SMILES string of the molecule is Cc1ccc(Br)c(C(=O)NCc2ccc(F)cc2F)c1. The molecule has 0 radical (unpaired) electrons. The average molecular weight is 340 g/mol. The van der Waals surface area contributed by atoms with Gasteiger partial charge in [-0.15, -0.1) is 0 Å². The summed E-state index contributed by atoms with van der Waals surface area (Å²) in [4.78, 5) is 12.0. The summed E-state index contributed by atoms with van der Waals surface area (Å²) in [6.45, 7) is 1.88. The fourth-order valence-electron chi connectivity index (χ4n) is 1.75. The van der Waals surface area contributed by atoms with Crippen LogP contribution in [0.2, 0.25) is 0 Å². The molecule has 1 amide bonds. The Morgan fingerprint density at radius 1 is 1.20 bits per heavy atom. The number of aryl methyl sites for hydroxylation is 1. The molecule has 0 aliphatic carbocycles. The quantitative estimate of drug-likeness (QED) is 0.900. The van der Waals surface area contributed by atoms with Crippen LogP contribution in [0, 0.1) is 18.6 Å². The summed E-state index contributed by atoms with van der Waals surface area (Å²) in [5.74, 6) is -1.63. The van der Waals surface area contributed by atoms with Gasteiger partial charge in [0.25, 0.3) is 5.91 Å². The minimum atomic E-state index is -0.673. The Morgan fingerprint density at radius 3 is 2.65 bits per heavy atom. The Hall–Kier alpha value is -1.75. The van der Waals surface area contributed by atoms with Crippen LogP contribution in [-0.4, -0.2) is 5.91 Å². The van der Waals surface area contributed by atoms with Crippen molar-refractivity contribution < 1.29 is 13.6 Å². The van der Waals surface area contributed by atoms with Crippen molar-refractivity contribution >= 4 is 21.8 Å². The Labute approximate surface area is 123 Å². The third-order valence-electron chi connectivity index (χ3n) is 2.82. The van der Waals surface area contributed by atoms with Gasteiger partial charge in [0.05, 0.1) is 5.56 Å². The molecule has 0 saturated carbocycles. The van der Waals surface area contributed by atoms with Crippen molar-refractivity contribution in [3.63, 3.8) is 0 Å². The Balaban J connectivity index is 2.10. The van der Waals surface area contributed by atoms with Crippen LogP contribution in [-0.2, 0) is 6.54 Å². The molecule has 0 spiro atoms. The second-order valence-corrected chi connectivity index (χ2v) is 5.26. The first-order chi connectivity index (χ1) is 9.47. The van der Waals surface area contributed by atoms with E-state index < -0.39 is 11.6 Å². The molecular weight excluding hydrogens is 328 g/mol. The molecule has 0 aliphatic rings. The zero-order chi connectivity index (χ0) is 14.7. The fourth-order valence-corrected chi connectivity index (χ4v) is 2.18. The molecule has 0 aromatic heterocycles. The van der Waals surface area contributed by atoms with E-state index in [2.05, 4.69) is 21.2 Å². The van der Waals surface area contributed by atoms with Crippen molar-refractivity contribution in [2.45, 2.75) is 13.5 Å². The van der Waals surface area contributed by atoms with Gasteiger partial charge in [-0.1, -0.05) is 17.7 Å². The lowest BCUT2D eigenvalue weighted by atomic mass is 10.1. The molecule has 1 N–H and O–H groups in total. The zero-order valence-electron chi connectivity index (χ0n) is 10.7. The van der Waals surface area contributed by atoms with Crippen molar-refractivity contribution in [2.75, 3.05) is 0 Å². The van der Waals surface area contributed by atoms with Crippen molar-refractivity contribution in [1.82, 2.24) is 5.32 Å². The summed E-state index contributed by atoms with van der Waals surface area (Å²) in [7, 11) is 0. The van der Waals surface area contributed by atoms with Crippen LogP contribution in [0.25, 0.3) is 0 Å². The number of amides is 1. The monoisotopic (exact) mass is 339 g/mol. The average Bonchev–Trinajstić information content (AvgIpc) is 2.40. The Bertz CT molecular complexity index is 658. The highest BCUT2D eigenvalue weighted by molar-refractivity contribution is 9.10. The van der Waals surface area contributed by atoms with Crippen LogP contribution < -0.4 is 5.32 Å². The second kappa shape index (κ2) is 6.13. The predicted octanol–water partition coefficient (Wildman–Crippen LogP) is 3.97. The van der Waals surface area contributed by atoms with Gasteiger partial charge < -0.3 is 5.32 Å². The predicted molar refractivity (Wildman–Crippen MR) is 76.4 cm³/mol. The third-order valence-corrected chi connectivity index (χ3v) is 3.51. The molecule has 104 valence electrons. The highest BCUT2D eigenvalue weighted by Crippen LogP contribution is 2.18. The molecule has 2 rings (SSSR count). The first kappa shape index (κ1) is 14.7. The maximum atomic E-state index is 13.4. The second-order valence-electron chi connectivity index (χ2n) is 4.40. The lowest BCUT2D eigenvalue weighted by Gasteiger charge is -2.08. The van der Waals surface area contributed by atoms with Crippen molar-refractivity contribution in [3.8, 4) is 0 Å². The van der Waals surface area contributed by atoms with Gasteiger partial charge in [0.15, 0.2) is 0 Å². The van der Waals surface area contributed by atoms with Gasteiger partial charge in [0.2, 0.25) is 0 Å². The summed E-state index contributed by atoms with van der Waals surface area (Å²) in [5, 5.41) is 2.61. The summed E-state index contributed by atoms with van der Waals surface area (Å²) >= 11 is 3.30. The number of halogens is 3. The first-order valence-corrected chi connectivity index (χ1v) is 6.75. The van der Waals surface area contributed by atoms with Crippen LogP contribution >= 0.6 is 15.9 Å². The van der Waals surface area contributed by atoms with E-state index in [-0.39, 0.29) is 18.0 Å². The van der Waals surface area contributed by atoms with Gasteiger partial charge in [-0.2, -0.15) is 0 Å². The van der Waals surface area contributed by atoms with Gasteiger partial charge in [-0.25, -0.2) is 8.78 Å². The highest BCUT2D eigenvalue weighted by atomic mass is 79.9. The third kappa shape index (κ3) is 3.42. The van der Waals surface area contributed by atoms with Gasteiger partial charge >= 0.3 is 0 Å². The first-order valence-electron chi connectivity index (χ1n) is 5.95. The maximum absolute atomic E-state index is 13.4. The van der Waals surface area contributed by atoms with Crippen LogP contribution in [0.5, 0.6) is 0 Å². The minimum Gasteiger partial charge on any atom is -0.348 e. The summed E-state index contributed by atoms with van der Waals surface area (Å²) < 4.78 is 26.9. The van der Waals surface area contributed by atoms with Crippen LogP contribution in [0.15, 0.2) is 40.9 Å². The molecule has 0 unspecified atom stereocenters. The van der Waals surface area contributed by atoms with Gasteiger partial charge in [0, 0.05) is 22.6 Å². The van der Waals surface area contributed by atoms with E-state index in [4.69, 9.17) is 0 Å². The summed E-state index contributed by atoms with van der Waals surface area (Å²) in [6.07, 6.45) is 0. The van der Waals surface area contributed by atoms with Crippen molar-refractivity contribution in [1.29, 1.82) is 0 Å². The zero-order valence-corrected chi connectivity index (χ0v) is 12.3. The van der Waals surface area contributed by atoms with E-state index in [1.807, 2.05) is 13.0 Å². The van der Waals surface area contributed by atoms with Gasteiger partial charge in [0.1, 0.15) is 11.6 Å². The number of benzene rings is 2. The number of nitrogens with one attached hydrogen (secondary N) is 1. The van der Waals surface area contributed by atoms with E-state index in [0.29, 0.717) is 10.0 Å². The van der Waals surface area contributed by atoms with Crippen molar-refractivity contribution in [2.24, 2.45) is 0 Å². The molecule has 2 aromatic carbocycles. The highest BCUT2D eigenvalue weighted by Gasteiger charge is 2.11. The normalized spacial score (nSPS) is 10.4. The molecule has 0 bridgehead atoms. The van der Waals surface area contributed by atoms with E-state index in [0.717, 1.165) is 17.7 Å². The molecule has 2 aromatic rings. The summed E-state index contributed by atoms with van der Waals surface area (Å²) in [5.41, 5.74) is 1.67. The molecule has 0 atom stereocenters. The molecular formula is C15H12BrF2NO. The molecule has 0 saturated heterocycles. The van der Waals surface area contributed by atoms with Crippen LogP contribution in [0.4, 0.5) is 8.78 Å². The molecule has 0 heterocycles. The number of hydrogen-bond acceptors (Lipinski definition) is 1. The summed E-state index contributed by atoms with van der Waals surface area (Å²) in [6, 6.07) is 8.66. The van der Waals surface area contributed by atoms with E-state index >= 15 is 0 Å². The molecule has 2 nitrogen and oxygen atoms in total. The standard InChI is InChI=1S/C15H12BrF2NO/c1-9-2-5-13(16)12(6-9)15(20)19-8-10-3-4-11(17)7-14(10)18/h2-7H,8H2,1H3,(H,19,20). The minimum absolute atomic E-state index is 0.00529. The molecule has 20 heavy (non-hydrogen) atoms. The lowest BCUT2D eigenvalue weighted by Crippen LogP contribution is -2.23. The Morgan fingerprint density at radius 2 is 1.95 bits per heavy atom. The maximum Gasteiger partial charge on any atom is 0.252 e. The fraction of sp³-hybridized carbons (Fsp3) is 0.133. The number of carbonyl (C=O) groups excluding carboxylic acids is 1. The van der Waals surface area contributed by atoms with E-state index in [1.165, 1.54) is 6.07 Å². The lowest BCUT2D eigenvalue weighted by molar-refractivity contribution is 0.0949. The number of rotatable bonds is 3. The van der Waals surface area contributed by atoms with Crippen LogP contribution in [0.1, 0.15) is 21.5 Å². The largest absolute Gasteiger partial charge is 0.348 e. The van der Waals surface area contributed by atoms with Gasteiger partial charge in [-0.05, 0) is 41.1 Å². The van der Waals surface area contributed by atoms with E-state index in [9.17, 15) is 13.6 Å². The number of hydrogen-bond donors (Lipinski definition) is 1. The van der Waals surface area contributed by atoms with Crippen LogP contribution in [0.3, 0.4) is 0 Å². The van der Waals surface area contributed by atoms with Crippen molar-refractivity contribution in [3.05, 3.63) is 69.2 Å². The van der Waals surface area contributed by atoms with Gasteiger partial charge in [-0.3, -0.25) is 4.79 Å². The Kier molecular flexibility index (Phi) is 4.49. The molecule has 5 heteroatoms. The van der Waals surface area contributed by atoms with E-state index in [1.54, 1.807) is 12.1 Å². The molecule has 0 aliphatic heterocycles. The smallest absolute Gasteiger partial charge is 0.252 e. The topological polar surface area (TPSA) is 29.1 Å².